The van der Waals surface area contributed by atoms with Gasteiger partial charge in [-0.1, -0.05) is 0 Å². The van der Waals surface area contributed by atoms with Crippen LogP contribution >= 0.6 is 11.3 Å². The molecular weight excluding hydrogens is 212 g/mol. The van der Waals surface area contributed by atoms with Crippen molar-refractivity contribution in [2.24, 2.45) is 5.92 Å². The van der Waals surface area contributed by atoms with Crippen molar-refractivity contribution >= 4 is 17.3 Å². The van der Waals surface area contributed by atoms with Gasteiger partial charge in [0.1, 0.15) is 0 Å². The number of rotatable bonds is 2. The molecule has 2 rings (SSSR count). The van der Waals surface area contributed by atoms with Crippen LogP contribution in [0.2, 0.25) is 0 Å². The van der Waals surface area contributed by atoms with Gasteiger partial charge in [0, 0.05) is 11.1 Å². The Kier molecular flexibility index (Phi) is 3.02. The van der Waals surface area contributed by atoms with E-state index in [1.165, 1.54) is 11.3 Å². The first-order valence-electron chi connectivity index (χ1n) is 5.01. The van der Waals surface area contributed by atoms with Crippen molar-refractivity contribution in [1.29, 1.82) is 0 Å². The van der Waals surface area contributed by atoms with E-state index in [-0.39, 0.29) is 12.0 Å². The van der Waals surface area contributed by atoms with E-state index in [2.05, 4.69) is 9.88 Å². The molecule has 1 saturated heterocycles. The van der Waals surface area contributed by atoms with Crippen molar-refractivity contribution in [2.75, 3.05) is 13.6 Å². The lowest BCUT2D eigenvalue weighted by Crippen LogP contribution is -2.39. The van der Waals surface area contributed by atoms with E-state index in [0.29, 0.717) is 0 Å². The normalized spacial score (nSPS) is 27.8. The molecule has 5 heteroatoms. The van der Waals surface area contributed by atoms with E-state index in [4.69, 9.17) is 0 Å². The zero-order chi connectivity index (χ0) is 10.8. The fourth-order valence-corrected chi connectivity index (χ4v) is 3.06. The SMILES string of the molecule is CN1CCC[C@H](C(=O)O)[C@H]1c1cncs1. The third-order valence-electron chi connectivity index (χ3n) is 2.94. The smallest absolute Gasteiger partial charge is 0.308 e. The predicted molar refractivity (Wildman–Crippen MR) is 57.8 cm³/mol. The van der Waals surface area contributed by atoms with Crippen molar-refractivity contribution < 1.29 is 9.90 Å². The second-order valence-electron chi connectivity index (χ2n) is 3.92. The monoisotopic (exact) mass is 226 g/mol. The molecule has 15 heavy (non-hydrogen) atoms. The molecule has 1 fully saturated rings. The molecule has 2 heterocycles. The molecule has 82 valence electrons. The minimum atomic E-state index is -0.694. The Morgan fingerprint density at radius 1 is 1.73 bits per heavy atom. The van der Waals surface area contributed by atoms with Gasteiger partial charge in [-0.25, -0.2) is 0 Å². The average molecular weight is 226 g/mol. The van der Waals surface area contributed by atoms with Crippen LogP contribution in [0.1, 0.15) is 23.8 Å². The molecule has 0 radical (unpaired) electrons. The minimum absolute atomic E-state index is 0.00347. The van der Waals surface area contributed by atoms with Crippen molar-refractivity contribution in [3.63, 3.8) is 0 Å². The van der Waals surface area contributed by atoms with Crippen LogP contribution in [0, 0.1) is 5.92 Å². The van der Waals surface area contributed by atoms with Crippen LogP contribution in [0.5, 0.6) is 0 Å². The van der Waals surface area contributed by atoms with E-state index < -0.39 is 5.97 Å². The zero-order valence-electron chi connectivity index (χ0n) is 8.59. The highest BCUT2D eigenvalue weighted by molar-refractivity contribution is 7.09. The Morgan fingerprint density at radius 3 is 3.13 bits per heavy atom. The summed E-state index contributed by atoms with van der Waals surface area (Å²) in [5, 5.41) is 9.18. The topological polar surface area (TPSA) is 53.4 Å². The number of thiazole rings is 1. The summed E-state index contributed by atoms with van der Waals surface area (Å²) in [6.07, 6.45) is 3.51. The fourth-order valence-electron chi connectivity index (χ4n) is 2.21. The first-order valence-corrected chi connectivity index (χ1v) is 5.89. The molecule has 1 aliphatic heterocycles. The molecule has 0 amide bonds. The lowest BCUT2D eigenvalue weighted by Gasteiger charge is -2.36. The lowest BCUT2D eigenvalue weighted by atomic mass is 9.89. The summed E-state index contributed by atoms with van der Waals surface area (Å²) in [5.41, 5.74) is 1.76. The van der Waals surface area contributed by atoms with Gasteiger partial charge < -0.3 is 5.11 Å². The molecule has 1 aromatic heterocycles. The summed E-state index contributed by atoms with van der Waals surface area (Å²) in [6, 6.07) is 0.00347. The number of aromatic nitrogens is 1. The average Bonchev–Trinajstić information content (AvgIpc) is 2.70. The quantitative estimate of drug-likeness (QED) is 0.832. The molecule has 0 aliphatic carbocycles. The predicted octanol–water partition coefficient (Wildman–Crippen LogP) is 1.61. The second kappa shape index (κ2) is 4.28. The molecule has 0 aromatic carbocycles. The van der Waals surface area contributed by atoms with Crippen LogP contribution in [-0.2, 0) is 4.79 Å². The molecule has 1 N–H and O–H groups in total. The van der Waals surface area contributed by atoms with E-state index in [1.807, 2.05) is 7.05 Å². The summed E-state index contributed by atoms with van der Waals surface area (Å²) in [6.45, 7) is 0.965. The Morgan fingerprint density at radius 2 is 2.53 bits per heavy atom. The molecule has 0 unspecified atom stereocenters. The Labute approximate surface area is 92.6 Å². The van der Waals surface area contributed by atoms with E-state index in [1.54, 1.807) is 11.7 Å². The van der Waals surface area contributed by atoms with Crippen LogP contribution < -0.4 is 0 Å². The number of aliphatic carboxylic acids is 1. The van der Waals surface area contributed by atoms with Gasteiger partial charge in [-0.15, -0.1) is 11.3 Å². The maximum atomic E-state index is 11.2. The van der Waals surface area contributed by atoms with Gasteiger partial charge in [-0.3, -0.25) is 14.7 Å². The zero-order valence-corrected chi connectivity index (χ0v) is 9.41. The van der Waals surface area contributed by atoms with Crippen molar-refractivity contribution in [2.45, 2.75) is 18.9 Å². The largest absolute Gasteiger partial charge is 0.481 e. The maximum Gasteiger partial charge on any atom is 0.308 e. The summed E-state index contributed by atoms with van der Waals surface area (Å²) in [4.78, 5) is 18.4. The standard InChI is InChI=1S/C10H14N2O2S/c1-12-4-2-3-7(10(13)14)9(12)8-5-11-6-15-8/h5-7,9H,2-4H2,1H3,(H,13,14)/t7-,9-/m0/s1. The van der Waals surface area contributed by atoms with E-state index >= 15 is 0 Å². The number of hydrogen-bond acceptors (Lipinski definition) is 4. The summed E-state index contributed by atoms with van der Waals surface area (Å²) < 4.78 is 0. The van der Waals surface area contributed by atoms with Gasteiger partial charge in [0.25, 0.3) is 0 Å². The third-order valence-corrected chi connectivity index (χ3v) is 3.79. The van der Waals surface area contributed by atoms with E-state index in [9.17, 15) is 9.90 Å². The number of hydrogen-bond donors (Lipinski definition) is 1. The molecule has 1 aliphatic rings. The van der Waals surface area contributed by atoms with Gasteiger partial charge in [0.15, 0.2) is 0 Å². The van der Waals surface area contributed by atoms with Crippen LogP contribution in [0.25, 0.3) is 0 Å². The summed E-state index contributed by atoms with van der Waals surface area (Å²) in [5.74, 6) is -0.982. The highest BCUT2D eigenvalue weighted by atomic mass is 32.1. The second-order valence-corrected chi connectivity index (χ2v) is 4.83. The Balaban J connectivity index is 2.26. The molecule has 2 atom stereocenters. The molecule has 1 aromatic rings. The van der Waals surface area contributed by atoms with Gasteiger partial charge in [-0.05, 0) is 26.4 Å². The van der Waals surface area contributed by atoms with Crippen LogP contribution in [0.3, 0.4) is 0 Å². The minimum Gasteiger partial charge on any atom is -0.481 e. The molecule has 0 spiro atoms. The fraction of sp³-hybridized carbons (Fsp3) is 0.600. The molecule has 0 bridgehead atoms. The van der Waals surface area contributed by atoms with Crippen molar-refractivity contribution in [3.05, 3.63) is 16.6 Å². The summed E-state index contributed by atoms with van der Waals surface area (Å²) in [7, 11) is 1.99. The molecular formula is C10H14N2O2S. The van der Waals surface area contributed by atoms with Crippen LogP contribution in [0.15, 0.2) is 11.7 Å². The number of piperidine rings is 1. The van der Waals surface area contributed by atoms with Gasteiger partial charge >= 0.3 is 5.97 Å². The van der Waals surface area contributed by atoms with Crippen molar-refractivity contribution in [1.82, 2.24) is 9.88 Å². The summed E-state index contributed by atoms with van der Waals surface area (Å²) >= 11 is 1.54. The first kappa shape index (κ1) is 10.6. The van der Waals surface area contributed by atoms with Crippen molar-refractivity contribution in [3.8, 4) is 0 Å². The van der Waals surface area contributed by atoms with Gasteiger partial charge in [0.2, 0.25) is 0 Å². The van der Waals surface area contributed by atoms with Gasteiger partial charge in [-0.2, -0.15) is 0 Å². The number of carbonyl (C=O) groups is 1. The number of nitrogens with zero attached hydrogens (tertiary/aromatic N) is 2. The maximum absolute atomic E-state index is 11.2. The third kappa shape index (κ3) is 2.03. The number of carboxylic acids is 1. The number of carboxylic acid groups (broad SMARTS) is 1. The number of likely N-dealkylation sites (tertiary alicyclic amines) is 1. The highest BCUT2D eigenvalue weighted by Crippen LogP contribution is 2.36. The Bertz CT molecular complexity index is 339. The lowest BCUT2D eigenvalue weighted by molar-refractivity contribution is -0.145. The highest BCUT2D eigenvalue weighted by Gasteiger charge is 2.36. The molecule has 0 saturated carbocycles. The Hall–Kier alpha value is -0.940. The van der Waals surface area contributed by atoms with Crippen LogP contribution in [-0.4, -0.2) is 34.6 Å². The molecule has 4 nitrogen and oxygen atoms in total. The van der Waals surface area contributed by atoms with Crippen LogP contribution in [0.4, 0.5) is 0 Å². The first-order chi connectivity index (χ1) is 7.20. The van der Waals surface area contributed by atoms with Gasteiger partial charge in [0.05, 0.1) is 17.5 Å². The van der Waals surface area contributed by atoms with E-state index in [0.717, 1.165) is 24.3 Å².